The Morgan fingerprint density at radius 2 is 1.88 bits per heavy atom. The molecule has 0 aromatic heterocycles. The first-order valence-electron chi connectivity index (χ1n) is 10.8. The Labute approximate surface area is 191 Å². The highest BCUT2D eigenvalue weighted by molar-refractivity contribution is 5.95. The Morgan fingerprint density at radius 1 is 1.06 bits per heavy atom. The lowest BCUT2D eigenvalue weighted by molar-refractivity contribution is 0.0951. The van der Waals surface area contributed by atoms with Crippen molar-refractivity contribution in [3.63, 3.8) is 0 Å². The summed E-state index contributed by atoms with van der Waals surface area (Å²) in [4.78, 5) is 19.1. The summed E-state index contributed by atoms with van der Waals surface area (Å²) < 4.78 is 11.0. The third-order valence-electron chi connectivity index (χ3n) is 4.52. The zero-order valence-corrected chi connectivity index (χ0v) is 19.7. The van der Waals surface area contributed by atoms with Crippen LogP contribution in [0.4, 0.5) is 5.69 Å². The normalized spacial score (nSPS) is 11.2. The molecule has 2 aromatic rings. The molecule has 0 atom stereocenters. The fraction of sp³-hybridized carbons (Fsp3) is 0.417. The second-order valence-electron chi connectivity index (χ2n) is 7.38. The van der Waals surface area contributed by atoms with Crippen LogP contribution in [0.25, 0.3) is 0 Å². The molecule has 1 amide bonds. The number of rotatable bonds is 11. The topological polar surface area (TPSA) is 87.2 Å². The summed E-state index contributed by atoms with van der Waals surface area (Å²) in [5.41, 5.74) is 2.41. The minimum Gasteiger partial charge on any atom is -0.493 e. The average molecular weight is 442 g/mol. The molecule has 3 N–H and O–H groups in total. The van der Waals surface area contributed by atoms with Crippen molar-refractivity contribution >= 4 is 17.6 Å². The number of ether oxygens (including phenoxy) is 2. The van der Waals surface area contributed by atoms with Crippen molar-refractivity contribution in [3.8, 4) is 11.5 Å². The fourth-order valence-electron chi connectivity index (χ4n) is 2.94. The van der Waals surface area contributed by atoms with E-state index in [1.54, 1.807) is 7.11 Å². The van der Waals surface area contributed by atoms with E-state index in [1.807, 2.05) is 75.3 Å². The van der Waals surface area contributed by atoms with Crippen LogP contribution in [0.15, 0.2) is 47.5 Å². The highest BCUT2D eigenvalue weighted by Gasteiger charge is 2.08. The van der Waals surface area contributed by atoms with Crippen molar-refractivity contribution in [2.24, 2.45) is 4.99 Å². The van der Waals surface area contributed by atoms with Crippen LogP contribution in [0.2, 0.25) is 0 Å². The van der Waals surface area contributed by atoms with Gasteiger partial charge in [-0.25, -0.2) is 4.99 Å². The van der Waals surface area contributed by atoms with Crippen molar-refractivity contribution in [2.45, 2.75) is 20.4 Å². The Morgan fingerprint density at radius 3 is 2.56 bits per heavy atom. The maximum atomic E-state index is 12.4. The van der Waals surface area contributed by atoms with E-state index in [-0.39, 0.29) is 5.91 Å². The van der Waals surface area contributed by atoms with Gasteiger partial charge in [-0.2, -0.15) is 0 Å². The molecule has 0 unspecified atom stereocenters. The molecule has 174 valence electrons. The molecule has 32 heavy (non-hydrogen) atoms. The molecule has 0 aliphatic rings. The van der Waals surface area contributed by atoms with E-state index < -0.39 is 0 Å². The largest absolute Gasteiger partial charge is 0.493 e. The van der Waals surface area contributed by atoms with E-state index >= 15 is 0 Å². The van der Waals surface area contributed by atoms with E-state index in [2.05, 4.69) is 20.9 Å². The molecule has 2 aromatic carbocycles. The number of carbonyl (C=O) groups excluding carboxylic acids is 1. The summed E-state index contributed by atoms with van der Waals surface area (Å²) >= 11 is 0. The first-order chi connectivity index (χ1) is 15.5. The van der Waals surface area contributed by atoms with Gasteiger partial charge in [-0.1, -0.05) is 12.1 Å². The van der Waals surface area contributed by atoms with Crippen LogP contribution >= 0.6 is 0 Å². The first kappa shape index (κ1) is 25.0. The molecule has 2 rings (SSSR count). The van der Waals surface area contributed by atoms with E-state index in [1.165, 1.54) is 0 Å². The number of anilines is 1. The molecule has 0 spiro atoms. The minimum absolute atomic E-state index is 0.0794. The molecular weight excluding hydrogens is 406 g/mol. The molecule has 0 saturated carbocycles. The first-order valence-corrected chi connectivity index (χ1v) is 10.8. The molecular formula is C24H35N5O3. The summed E-state index contributed by atoms with van der Waals surface area (Å²) in [6.07, 6.45) is 0. The Balaban J connectivity index is 2.08. The number of hydrogen-bond donors (Lipinski definition) is 3. The molecule has 0 heterocycles. The summed E-state index contributed by atoms with van der Waals surface area (Å²) in [5.74, 6) is 1.91. The molecule has 0 bridgehead atoms. The van der Waals surface area contributed by atoms with Crippen LogP contribution in [0, 0.1) is 0 Å². The number of guanidine groups is 1. The monoisotopic (exact) mass is 441 g/mol. The minimum atomic E-state index is -0.0794. The van der Waals surface area contributed by atoms with Crippen LogP contribution in [0.5, 0.6) is 11.5 Å². The van der Waals surface area contributed by atoms with E-state index in [9.17, 15) is 4.79 Å². The molecule has 8 heteroatoms. The Kier molecular flexibility index (Phi) is 10.3. The number of likely N-dealkylation sites (N-methyl/N-ethyl adjacent to an activating group) is 1. The number of nitrogens with zero attached hydrogens (tertiary/aromatic N) is 2. The molecule has 0 saturated heterocycles. The molecule has 8 nitrogen and oxygen atoms in total. The number of hydrogen-bond acceptors (Lipinski definition) is 5. The van der Waals surface area contributed by atoms with Gasteiger partial charge in [0.25, 0.3) is 5.91 Å². The van der Waals surface area contributed by atoms with Crippen LogP contribution < -0.4 is 25.4 Å². The van der Waals surface area contributed by atoms with Gasteiger partial charge in [0.2, 0.25) is 0 Å². The highest BCUT2D eigenvalue weighted by atomic mass is 16.5. The van der Waals surface area contributed by atoms with Gasteiger partial charge in [0.15, 0.2) is 17.5 Å². The summed E-state index contributed by atoms with van der Waals surface area (Å²) in [6, 6.07) is 13.2. The van der Waals surface area contributed by atoms with Gasteiger partial charge in [-0.05, 0) is 57.8 Å². The average Bonchev–Trinajstić information content (AvgIpc) is 2.78. The molecule has 0 fully saturated rings. The zero-order chi connectivity index (χ0) is 23.3. The number of benzene rings is 2. The quantitative estimate of drug-likeness (QED) is 0.367. The lowest BCUT2D eigenvalue weighted by Crippen LogP contribution is -2.31. The maximum Gasteiger partial charge on any atom is 0.251 e. The predicted octanol–water partition coefficient (Wildman–Crippen LogP) is 2.96. The third-order valence-corrected chi connectivity index (χ3v) is 4.52. The van der Waals surface area contributed by atoms with E-state index in [4.69, 9.17) is 9.47 Å². The standard InChI is InChI=1S/C24H35N5O3/c1-6-25-24(28-20-11-12-21(32-7-2)22(16-20)31-5)27-17-18-9-8-10-19(15-18)23(30)26-13-14-29(3)4/h8-12,15-16H,6-7,13-14,17H2,1-5H3,(H,26,30)(H2,25,27,28). The van der Waals surface area contributed by atoms with Gasteiger partial charge in [-0.3, -0.25) is 4.79 Å². The van der Waals surface area contributed by atoms with Crippen LogP contribution in [-0.4, -0.2) is 64.2 Å². The van der Waals surface area contributed by atoms with Gasteiger partial charge in [0.1, 0.15) is 0 Å². The fourth-order valence-corrected chi connectivity index (χ4v) is 2.94. The van der Waals surface area contributed by atoms with Crippen LogP contribution in [0.1, 0.15) is 29.8 Å². The third kappa shape index (κ3) is 8.11. The van der Waals surface area contributed by atoms with Crippen molar-refractivity contribution in [3.05, 3.63) is 53.6 Å². The number of carbonyl (C=O) groups is 1. The molecule has 0 radical (unpaired) electrons. The van der Waals surface area contributed by atoms with E-state index in [0.717, 1.165) is 17.8 Å². The SMILES string of the molecule is CCNC(=NCc1cccc(C(=O)NCCN(C)C)c1)Nc1ccc(OCC)c(OC)c1. The van der Waals surface area contributed by atoms with Crippen molar-refractivity contribution < 1.29 is 14.3 Å². The van der Waals surface area contributed by atoms with Crippen molar-refractivity contribution in [1.82, 2.24) is 15.5 Å². The lowest BCUT2D eigenvalue weighted by atomic mass is 10.1. The van der Waals surface area contributed by atoms with Gasteiger partial charge >= 0.3 is 0 Å². The Hall–Kier alpha value is -3.26. The summed E-state index contributed by atoms with van der Waals surface area (Å²) in [7, 11) is 5.57. The van der Waals surface area contributed by atoms with E-state index in [0.29, 0.717) is 49.3 Å². The lowest BCUT2D eigenvalue weighted by Gasteiger charge is -2.14. The number of aliphatic imine (C=N–C) groups is 1. The van der Waals surface area contributed by atoms with Crippen molar-refractivity contribution in [2.75, 3.05) is 52.8 Å². The zero-order valence-electron chi connectivity index (χ0n) is 19.7. The predicted molar refractivity (Wildman–Crippen MR) is 130 cm³/mol. The smallest absolute Gasteiger partial charge is 0.251 e. The number of methoxy groups -OCH3 is 1. The number of nitrogens with one attached hydrogen (secondary N) is 3. The maximum absolute atomic E-state index is 12.4. The van der Waals surface area contributed by atoms with Gasteiger partial charge in [-0.15, -0.1) is 0 Å². The van der Waals surface area contributed by atoms with Crippen LogP contribution in [-0.2, 0) is 6.54 Å². The summed E-state index contributed by atoms with van der Waals surface area (Å²) in [6.45, 7) is 7.06. The number of amides is 1. The van der Waals surface area contributed by atoms with Crippen LogP contribution in [0.3, 0.4) is 0 Å². The van der Waals surface area contributed by atoms with Gasteiger partial charge in [0, 0.05) is 37.0 Å². The van der Waals surface area contributed by atoms with Gasteiger partial charge < -0.3 is 30.3 Å². The summed E-state index contributed by atoms with van der Waals surface area (Å²) in [5, 5.41) is 9.46. The Bertz CT molecular complexity index is 899. The second-order valence-corrected chi connectivity index (χ2v) is 7.38. The molecule has 0 aliphatic heterocycles. The van der Waals surface area contributed by atoms with Crippen molar-refractivity contribution in [1.29, 1.82) is 0 Å². The van der Waals surface area contributed by atoms with Gasteiger partial charge in [0.05, 0.1) is 20.3 Å². The molecule has 0 aliphatic carbocycles. The second kappa shape index (κ2) is 13.2. The highest BCUT2D eigenvalue weighted by Crippen LogP contribution is 2.30.